The molecule has 0 saturated heterocycles. The van der Waals surface area contributed by atoms with Crippen molar-refractivity contribution in [3.8, 4) is 5.75 Å². The van der Waals surface area contributed by atoms with E-state index in [2.05, 4.69) is 9.98 Å². The van der Waals surface area contributed by atoms with Crippen molar-refractivity contribution in [2.24, 2.45) is 21.5 Å². The minimum atomic E-state index is -4.44. The van der Waals surface area contributed by atoms with Crippen LogP contribution < -0.4 is 21.1 Å². The Morgan fingerprint density at radius 2 is 1.88 bits per heavy atom. The van der Waals surface area contributed by atoms with Crippen molar-refractivity contribution < 1.29 is 17.9 Å². The summed E-state index contributed by atoms with van der Waals surface area (Å²) in [5.41, 5.74) is 12.4. The van der Waals surface area contributed by atoms with E-state index in [1.165, 1.54) is 0 Å². The molecule has 26 heavy (non-hydrogen) atoms. The number of benzene rings is 1. The molecule has 0 unspecified atom stereocenters. The predicted molar refractivity (Wildman–Crippen MR) is 94.3 cm³/mol. The van der Waals surface area contributed by atoms with Gasteiger partial charge in [0, 0.05) is 0 Å². The Balaban J connectivity index is 2.04. The zero-order valence-corrected chi connectivity index (χ0v) is 14.5. The first kappa shape index (κ1) is 18.3. The maximum atomic E-state index is 12.7. The lowest BCUT2D eigenvalue weighted by Crippen LogP contribution is -2.58. The molecule has 6 nitrogen and oxygen atoms in total. The van der Waals surface area contributed by atoms with E-state index in [9.17, 15) is 13.2 Å². The van der Waals surface area contributed by atoms with Crippen LogP contribution in [0.25, 0.3) is 0 Å². The molecule has 4 N–H and O–H groups in total. The lowest BCUT2D eigenvalue weighted by atomic mass is 9.87. The Morgan fingerprint density at radius 3 is 2.54 bits per heavy atom. The Morgan fingerprint density at radius 1 is 1.19 bits per heavy atom. The Labute approximate surface area is 149 Å². The van der Waals surface area contributed by atoms with Gasteiger partial charge < -0.3 is 16.2 Å². The number of anilines is 1. The number of alkyl halides is 3. The summed E-state index contributed by atoms with van der Waals surface area (Å²) >= 11 is 0. The van der Waals surface area contributed by atoms with Gasteiger partial charge >= 0.3 is 6.18 Å². The van der Waals surface area contributed by atoms with Gasteiger partial charge in [-0.1, -0.05) is 12.5 Å². The molecule has 0 atom stereocenters. The molecule has 1 aliphatic carbocycles. The van der Waals surface area contributed by atoms with Gasteiger partial charge in [0.2, 0.25) is 11.9 Å². The summed E-state index contributed by atoms with van der Waals surface area (Å²) < 4.78 is 43.1. The molecular formula is C17H22F3N5O. The number of ether oxygens (including phenoxy) is 1. The first-order valence-corrected chi connectivity index (χ1v) is 8.50. The molecule has 0 radical (unpaired) electrons. The highest BCUT2D eigenvalue weighted by Crippen LogP contribution is 2.43. The fourth-order valence-corrected chi connectivity index (χ4v) is 3.55. The van der Waals surface area contributed by atoms with Crippen molar-refractivity contribution in [3.05, 3.63) is 23.8 Å². The maximum Gasteiger partial charge on any atom is 0.422 e. The van der Waals surface area contributed by atoms with Crippen molar-refractivity contribution in [1.82, 2.24) is 0 Å². The third-order valence-corrected chi connectivity index (χ3v) is 4.60. The SMILES string of the molecule is Cc1ccc(N2C(N)=NC(N)=NC23CCCCC3)c(OCC(F)(F)F)c1. The van der Waals surface area contributed by atoms with Gasteiger partial charge in [-0.25, -0.2) is 4.99 Å². The van der Waals surface area contributed by atoms with E-state index >= 15 is 0 Å². The monoisotopic (exact) mass is 369 g/mol. The third kappa shape index (κ3) is 3.71. The lowest BCUT2D eigenvalue weighted by Gasteiger charge is -2.46. The smallest absolute Gasteiger partial charge is 0.422 e. The van der Waals surface area contributed by atoms with E-state index < -0.39 is 18.4 Å². The average Bonchev–Trinajstić information content (AvgIpc) is 2.54. The Kier molecular flexibility index (Phi) is 4.72. The van der Waals surface area contributed by atoms with Crippen LogP contribution in [0.2, 0.25) is 0 Å². The van der Waals surface area contributed by atoms with Crippen molar-refractivity contribution in [2.45, 2.75) is 50.9 Å². The second-order valence-corrected chi connectivity index (χ2v) is 6.69. The summed E-state index contributed by atoms with van der Waals surface area (Å²) in [5.74, 6) is 0.298. The Hall–Kier alpha value is -2.45. The summed E-state index contributed by atoms with van der Waals surface area (Å²) in [5, 5.41) is 0. The van der Waals surface area contributed by atoms with Crippen LogP contribution in [0.15, 0.2) is 28.2 Å². The van der Waals surface area contributed by atoms with E-state index in [1.54, 1.807) is 30.0 Å². The van der Waals surface area contributed by atoms with E-state index in [4.69, 9.17) is 16.2 Å². The number of halogens is 3. The van der Waals surface area contributed by atoms with Gasteiger partial charge in [-0.2, -0.15) is 18.2 Å². The molecule has 1 fully saturated rings. The van der Waals surface area contributed by atoms with E-state index in [0.29, 0.717) is 18.5 Å². The van der Waals surface area contributed by atoms with Crippen molar-refractivity contribution in [3.63, 3.8) is 0 Å². The van der Waals surface area contributed by atoms with Crippen LogP contribution >= 0.6 is 0 Å². The van der Waals surface area contributed by atoms with Crippen molar-refractivity contribution >= 4 is 17.6 Å². The quantitative estimate of drug-likeness (QED) is 0.857. The lowest BCUT2D eigenvalue weighted by molar-refractivity contribution is -0.153. The van der Waals surface area contributed by atoms with Crippen molar-refractivity contribution in [1.29, 1.82) is 0 Å². The van der Waals surface area contributed by atoms with Crippen LogP contribution in [0.4, 0.5) is 18.9 Å². The molecule has 1 saturated carbocycles. The number of rotatable bonds is 3. The summed E-state index contributed by atoms with van der Waals surface area (Å²) in [7, 11) is 0. The fraction of sp³-hybridized carbons (Fsp3) is 0.529. The number of hydrogen-bond acceptors (Lipinski definition) is 6. The van der Waals surface area contributed by atoms with Gasteiger partial charge in [0.25, 0.3) is 0 Å². The maximum absolute atomic E-state index is 12.7. The van der Waals surface area contributed by atoms with Crippen LogP contribution in [-0.4, -0.2) is 30.4 Å². The Bertz CT molecular complexity index is 738. The zero-order chi connectivity index (χ0) is 18.9. The molecule has 9 heteroatoms. The molecule has 0 amide bonds. The van der Waals surface area contributed by atoms with Crippen LogP contribution in [0.5, 0.6) is 5.75 Å². The normalized spacial score (nSPS) is 19.9. The largest absolute Gasteiger partial charge is 0.482 e. The third-order valence-electron chi connectivity index (χ3n) is 4.60. The first-order chi connectivity index (χ1) is 12.2. The zero-order valence-electron chi connectivity index (χ0n) is 14.5. The molecule has 1 heterocycles. The topological polar surface area (TPSA) is 89.2 Å². The number of aryl methyl sites for hydroxylation is 1. The summed E-state index contributed by atoms with van der Waals surface area (Å²) in [6.07, 6.45) is -0.148. The highest BCUT2D eigenvalue weighted by atomic mass is 19.4. The van der Waals surface area contributed by atoms with Crippen LogP contribution in [-0.2, 0) is 0 Å². The molecule has 142 valence electrons. The molecular weight excluding hydrogens is 347 g/mol. The number of aliphatic imine (C=N–C) groups is 2. The van der Waals surface area contributed by atoms with E-state index in [1.807, 2.05) is 0 Å². The molecule has 0 aromatic heterocycles. The van der Waals surface area contributed by atoms with Crippen LogP contribution in [0, 0.1) is 6.92 Å². The summed E-state index contributed by atoms with van der Waals surface area (Å²) in [6.45, 7) is 0.400. The second kappa shape index (κ2) is 6.69. The van der Waals surface area contributed by atoms with Gasteiger partial charge in [0.05, 0.1) is 5.69 Å². The van der Waals surface area contributed by atoms with Crippen molar-refractivity contribution in [2.75, 3.05) is 11.5 Å². The minimum Gasteiger partial charge on any atom is -0.482 e. The molecule has 1 aromatic carbocycles. The highest BCUT2D eigenvalue weighted by molar-refractivity contribution is 6.06. The highest BCUT2D eigenvalue weighted by Gasteiger charge is 2.43. The molecule has 3 rings (SSSR count). The fourth-order valence-electron chi connectivity index (χ4n) is 3.55. The van der Waals surface area contributed by atoms with Gasteiger partial charge in [-0.3, -0.25) is 4.90 Å². The molecule has 1 aliphatic heterocycles. The van der Waals surface area contributed by atoms with Crippen LogP contribution in [0.1, 0.15) is 37.7 Å². The molecule has 0 bridgehead atoms. The first-order valence-electron chi connectivity index (χ1n) is 8.50. The average molecular weight is 369 g/mol. The molecule has 1 aromatic rings. The number of nitrogens with two attached hydrogens (primary N) is 2. The standard InChI is InChI=1S/C17H22F3N5O/c1-11-5-6-12(13(9-11)26-10-17(18,19)20)25-15(22)23-14(21)24-16(25)7-3-2-4-8-16/h5-6,9H,2-4,7-8,10H2,1H3,(H4,21,22,23,24). The second-order valence-electron chi connectivity index (χ2n) is 6.69. The predicted octanol–water partition coefficient (Wildman–Crippen LogP) is 3.05. The summed E-state index contributed by atoms with van der Waals surface area (Å²) in [4.78, 5) is 10.2. The van der Waals surface area contributed by atoms with E-state index in [-0.39, 0.29) is 17.7 Å². The molecule has 2 aliphatic rings. The van der Waals surface area contributed by atoms with Gasteiger partial charge in [-0.05, 0) is 50.3 Å². The van der Waals surface area contributed by atoms with Gasteiger partial charge in [-0.15, -0.1) is 0 Å². The minimum absolute atomic E-state index is 0.0884. The van der Waals surface area contributed by atoms with Crippen LogP contribution in [0.3, 0.4) is 0 Å². The number of nitrogens with zero attached hydrogens (tertiary/aromatic N) is 3. The van der Waals surface area contributed by atoms with E-state index in [0.717, 1.165) is 24.8 Å². The summed E-state index contributed by atoms with van der Waals surface area (Å²) in [6, 6.07) is 5.05. The van der Waals surface area contributed by atoms with Gasteiger partial charge in [0.1, 0.15) is 11.4 Å². The number of guanidine groups is 2. The molecule has 1 spiro atoms. The van der Waals surface area contributed by atoms with Gasteiger partial charge in [0.15, 0.2) is 6.61 Å². The number of hydrogen-bond donors (Lipinski definition) is 2.